The smallest absolute Gasteiger partial charge is 0.225 e. The first-order chi connectivity index (χ1) is 13.0. The third-order valence-corrected chi connectivity index (χ3v) is 4.15. The maximum Gasteiger partial charge on any atom is 0.225 e. The van der Waals surface area contributed by atoms with Crippen molar-refractivity contribution in [2.24, 2.45) is 0 Å². The van der Waals surface area contributed by atoms with Gasteiger partial charge in [0.2, 0.25) is 5.95 Å². The highest BCUT2D eigenvalue weighted by Crippen LogP contribution is 2.22. The predicted molar refractivity (Wildman–Crippen MR) is 102 cm³/mol. The Kier molecular flexibility index (Phi) is 5.90. The molecule has 2 heterocycles. The Labute approximate surface area is 156 Å². The highest BCUT2D eigenvalue weighted by Gasteiger charge is 2.09. The summed E-state index contributed by atoms with van der Waals surface area (Å²) in [6.45, 7) is 4.44. The van der Waals surface area contributed by atoms with Gasteiger partial charge in [0.15, 0.2) is 11.6 Å². The average molecular weight is 369 g/mol. The van der Waals surface area contributed by atoms with E-state index in [9.17, 15) is 8.78 Å². The summed E-state index contributed by atoms with van der Waals surface area (Å²) in [7, 11) is 0. The largest absolute Gasteiger partial charge is 0.366 e. The minimum atomic E-state index is -0.867. The lowest BCUT2D eigenvalue weighted by Gasteiger charge is -2.14. The Balaban J connectivity index is 1.86. The third-order valence-electron chi connectivity index (χ3n) is 4.15. The van der Waals surface area contributed by atoms with Crippen molar-refractivity contribution in [3.05, 3.63) is 66.0 Å². The van der Waals surface area contributed by atoms with E-state index < -0.39 is 11.6 Å². The van der Waals surface area contributed by atoms with Crippen LogP contribution < -0.4 is 10.6 Å². The van der Waals surface area contributed by atoms with Gasteiger partial charge in [-0.2, -0.15) is 4.98 Å². The summed E-state index contributed by atoms with van der Waals surface area (Å²) in [4.78, 5) is 13.1. The van der Waals surface area contributed by atoms with Gasteiger partial charge in [-0.15, -0.1) is 0 Å². The second-order valence-electron chi connectivity index (χ2n) is 6.25. The molecule has 0 amide bonds. The summed E-state index contributed by atoms with van der Waals surface area (Å²) in [5, 5.41) is 6.42. The molecule has 140 valence electrons. The van der Waals surface area contributed by atoms with E-state index in [2.05, 4.69) is 39.4 Å². The van der Waals surface area contributed by atoms with Gasteiger partial charge in [0, 0.05) is 36.6 Å². The zero-order chi connectivity index (χ0) is 19.2. The fraction of sp³-hybridized carbons (Fsp3) is 0.250. The molecule has 3 aromatic rings. The summed E-state index contributed by atoms with van der Waals surface area (Å²) in [5.74, 6) is -0.631. The van der Waals surface area contributed by atoms with Crippen molar-refractivity contribution in [2.45, 2.75) is 32.9 Å². The van der Waals surface area contributed by atoms with Crippen LogP contribution in [0.5, 0.6) is 0 Å². The van der Waals surface area contributed by atoms with Gasteiger partial charge in [-0.3, -0.25) is 4.98 Å². The van der Waals surface area contributed by atoms with Crippen molar-refractivity contribution < 1.29 is 8.78 Å². The Morgan fingerprint density at radius 1 is 1.00 bits per heavy atom. The molecular formula is C20H21F2N5. The van der Waals surface area contributed by atoms with Crippen molar-refractivity contribution in [2.75, 3.05) is 10.6 Å². The number of benzene rings is 1. The predicted octanol–water partition coefficient (Wildman–Crippen LogP) is 4.64. The molecule has 0 spiro atoms. The van der Waals surface area contributed by atoms with E-state index in [1.807, 2.05) is 18.2 Å². The number of hydrogen-bond donors (Lipinski definition) is 2. The Morgan fingerprint density at radius 2 is 1.78 bits per heavy atom. The van der Waals surface area contributed by atoms with E-state index in [1.54, 1.807) is 12.4 Å². The number of nitrogens with one attached hydrogen (secondary N) is 2. The molecule has 0 fully saturated rings. The fourth-order valence-electron chi connectivity index (χ4n) is 2.44. The molecule has 0 saturated carbocycles. The minimum Gasteiger partial charge on any atom is -0.366 e. The molecule has 1 aromatic carbocycles. The molecule has 0 unspecified atom stereocenters. The Morgan fingerprint density at radius 3 is 2.48 bits per heavy atom. The molecule has 1 atom stereocenters. The third kappa shape index (κ3) is 4.97. The van der Waals surface area contributed by atoms with Crippen LogP contribution in [-0.4, -0.2) is 21.0 Å². The average Bonchev–Trinajstić information content (AvgIpc) is 2.69. The SMILES string of the molecule is CC[C@@H](C)Nc1nc(NCc2ccc(F)c(F)c2)cc(-c2ccncc2)n1. The molecule has 0 aliphatic carbocycles. The van der Waals surface area contributed by atoms with E-state index in [1.165, 1.54) is 12.1 Å². The van der Waals surface area contributed by atoms with Crippen LogP contribution in [-0.2, 0) is 6.54 Å². The molecule has 0 aliphatic rings. The molecule has 2 N–H and O–H groups in total. The van der Waals surface area contributed by atoms with Crippen LogP contribution in [0.2, 0.25) is 0 Å². The van der Waals surface area contributed by atoms with E-state index in [0.29, 0.717) is 23.9 Å². The van der Waals surface area contributed by atoms with Crippen LogP contribution in [0, 0.1) is 11.6 Å². The fourth-order valence-corrected chi connectivity index (χ4v) is 2.44. The van der Waals surface area contributed by atoms with Gasteiger partial charge < -0.3 is 10.6 Å². The summed E-state index contributed by atoms with van der Waals surface area (Å²) >= 11 is 0. The number of nitrogens with zero attached hydrogens (tertiary/aromatic N) is 3. The van der Waals surface area contributed by atoms with Crippen LogP contribution in [0.25, 0.3) is 11.3 Å². The van der Waals surface area contributed by atoms with E-state index in [0.717, 1.165) is 23.7 Å². The molecule has 27 heavy (non-hydrogen) atoms. The molecule has 0 radical (unpaired) electrons. The molecule has 5 nitrogen and oxygen atoms in total. The van der Waals surface area contributed by atoms with E-state index >= 15 is 0 Å². The van der Waals surface area contributed by atoms with Crippen molar-refractivity contribution in [1.82, 2.24) is 15.0 Å². The number of hydrogen-bond acceptors (Lipinski definition) is 5. The van der Waals surface area contributed by atoms with Crippen LogP contribution in [0.15, 0.2) is 48.8 Å². The van der Waals surface area contributed by atoms with Crippen molar-refractivity contribution in [3.63, 3.8) is 0 Å². The van der Waals surface area contributed by atoms with E-state index in [-0.39, 0.29) is 6.04 Å². The zero-order valence-electron chi connectivity index (χ0n) is 15.2. The molecule has 0 aliphatic heterocycles. The first-order valence-electron chi connectivity index (χ1n) is 8.79. The Bertz CT molecular complexity index is 902. The topological polar surface area (TPSA) is 62.7 Å². The van der Waals surface area contributed by atoms with Gasteiger partial charge in [-0.05, 0) is 43.2 Å². The molecule has 7 heteroatoms. The van der Waals surface area contributed by atoms with Gasteiger partial charge in [0.25, 0.3) is 0 Å². The number of anilines is 2. The first kappa shape index (κ1) is 18.7. The number of pyridine rings is 1. The van der Waals surface area contributed by atoms with Crippen LogP contribution in [0.1, 0.15) is 25.8 Å². The van der Waals surface area contributed by atoms with Gasteiger partial charge >= 0.3 is 0 Å². The van der Waals surface area contributed by atoms with Crippen LogP contribution in [0.4, 0.5) is 20.5 Å². The second-order valence-corrected chi connectivity index (χ2v) is 6.25. The summed E-state index contributed by atoms with van der Waals surface area (Å²) in [6, 6.07) is 9.60. The molecule has 2 aromatic heterocycles. The lowest BCUT2D eigenvalue weighted by molar-refractivity contribution is 0.507. The molecule has 3 rings (SSSR count). The van der Waals surface area contributed by atoms with Crippen molar-refractivity contribution in [1.29, 1.82) is 0 Å². The minimum absolute atomic E-state index is 0.219. The highest BCUT2D eigenvalue weighted by molar-refractivity contribution is 5.64. The quantitative estimate of drug-likeness (QED) is 0.635. The van der Waals surface area contributed by atoms with Crippen LogP contribution in [0.3, 0.4) is 0 Å². The monoisotopic (exact) mass is 369 g/mol. The summed E-state index contributed by atoms with van der Waals surface area (Å²) in [6.07, 6.45) is 4.33. The number of halogens is 2. The zero-order valence-corrected chi connectivity index (χ0v) is 15.2. The summed E-state index contributed by atoms with van der Waals surface area (Å²) in [5.41, 5.74) is 2.27. The van der Waals surface area contributed by atoms with Gasteiger partial charge in [-0.1, -0.05) is 13.0 Å². The maximum absolute atomic E-state index is 13.4. The van der Waals surface area contributed by atoms with E-state index in [4.69, 9.17) is 0 Å². The van der Waals surface area contributed by atoms with Crippen LogP contribution >= 0.6 is 0 Å². The van der Waals surface area contributed by atoms with Gasteiger partial charge in [0.1, 0.15) is 5.82 Å². The molecule has 0 saturated heterocycles. The number of rotatable bonds is 7. The first-order valence-corrected chi connectivity index (χ1v) is 8.79. The molecular weight excluding hydrogens is 348 g/mol. The normalized spacial score (nSPS) is 11.9. The van der Waals surface area contributed by atoms with Gasteiger partial charge in [0.05, 0.1) is 5.69 Å². The van der Waals surface area contributed by atoms with Crippen molar-refractivity contribution >= 4 is 11.8 Å². The lowest BCUT2D eigenvalue weighted by atomic mass is 10.2. The lowest BCUT2D eigenvalue weighted by Crippen LogP contribution is -2.16. The highest BCUT2D eigenvalue weighted by atomic mass is 19.2. The molecule has 0 bridgehead atoms. The van der Waals surface area contributed by atoms with Gasteiger partial charge in [-0.25, -0.2) is 13.8 Å². The number of aromatic nitrogens is 3. The summed E-state index contributed by atoms with van der Waals surface area (Å²) < 4.78 is 26.5. The Hall–Kier alpha value is -3.09. The standard InChI is InChI=1S/C20H21F2N5/c1-3-13(2)25-20-26-18(15-6-8-23-9-7-15)11-19(27-20)24-12-14-4-5-16(21)17(22)10-14/h4-11,13H,3,12H2,1-2H3,(H2,24,25,26,27)/t13-/m1/s1. The van der Waals surface area contributed by atoms with Crippen molar-refractivity contribution in [3.8, 4) is 11.3 Å². The second kappa shape index (κ2) is 8.53. The maximum atomic E-state index is 13.4.